The molecule has 31 heavy (non-hydrogen) atoms. The van der Waals surface area contributed by atoms with Crippen LogP contribution in [0.3, 0.4) is 0 Å². The molecule has 10 heteroatoms. The van der Waals surface area contributed by atoms with E-state index in [4.69, 9.17) is 0 Å². The van der Waals surface area contributed by atoms with Crippen LogP contribution in [-0.2, 0) is 9.59 Å². The number of urea groups is 1. The Bertz CT molecular complexity index is 1100. The van der Waals surface area contributed by atoms with Gasteiger partial charge in [-0.15, -0.1) is 0 Å². The quantitative estimate of drug-likeness (QED) is 0.543. The fourth-order valence-electron chi connectivity index (χ4n) is 4.04. The Morgan fingerprint density at radius 2 is 2.03 bits per heavy atom. The van der Waals surface area contributed by atoms with Crippen molar-refractivity contribution < 1.29 is 29.0 Å². The van der Waals surface area contributed by atoms with Crippen LogP contribution in [0.2, 0.25) is 0 Å². The molecule has 160 valence electrons. The molecule has 4 rings (SSSR count). The summed E-state index contributed by atoms with van der Waals surface area (Å²) in [6.45, 7) is 1.48. The number of β-lactam (4-membered cyclic amide) rings is 1. The Kier molecular flexibility index (Phi) is 5.15. The second-order valence-corrected chi connectivity index (χ2v) is 7.37. The predicted octanol–water partition coefficient (Wildman–Crippen LogP) is 2.27. The summed E-state index contributed by atoms with van der Waals surface area (Å²) in [5, 5.41) is 24.3. The molecule has 2 aromatic rings. The van der Waals surface area contributed by atoms with Gasteiger partial charge in [-0.05, 0) is 48.7 Å². The van der Waals surface area contributed by atoms with Crippen molar-refractivity contribution in [2.45, 2.75) is 25.5 Å². The summed E-state index contributed by atoms with van der Waals surface area (Å²) in [5.41, 5.74) is 0.281. The minimum atomic E-state index is -1.30. The highest BCUT2D eigenvalue weighted by Gasteiger charge is 2.56. The van der Waals surface area contributed by atoms with Gasteiger partial charge < -0.3 is 20.4 Å². The largest absolute Gasteiger partial charge is 0.477 e. The zero-order valence-corrected chi connectivity index (χ0v) is 16.4. The average Bonchev–Trinajstić information content (AvgIpc) is 3.05. The number of anilines is 2. The van der Waals surface area contributed by atoms with Gasteiger partial charge in [0.2, 0.25) is 5.91 Å². The maximum atomic E-state index is 14.7. The van der Waals surface area contributed by atoms with E-state index in [0.717, 1.165) is 11.0 Å². The van der Waals surface area contributed by atoms with Crippen LogP contribution < -0.4 is 10.6 Å². The van der Waals surface area contributed by atoms with Crippen LogP contribution in [0.15, 0.2) is 48.3 Å². The molecule has 3 atom stereocenters. The molecule has 3 amide bonds. The Morgan fingerprint density at radius 1 is 1.26 bits per heavy atom. The second-order valence-electron chi connectivity index (χ2n) is 7.37. The monoisotopic (exact) mass is 426 g/mol. The molecule has 1 saturated heterocycles. The number of nitrogens with one attached hydrogen (secondary N) is 2. The number of carboxylic acid groups (broad SMARTS) is 1. The van der Waals surface area contributed by atoms with Gasteiger partial charge in [0.15, 0.2) is 0 Å². The van der Waals surface area contributed by atoms with Gasteiger partial charge in [0.05, 0.1) is 23.8 Å². The van der Waals surface area contributed by atoms with Crippen molar-refractivity contribution in [3.05, 3.63) is 59.7 Å². The molecular weight excluding hydrogens is 407 g/mol. The van der Waals surface area contributed by atoms with E-state index in [2.05, 4.69) is 15.6 Å². The van der Waals surface area contributed by atoms with E-state index in [1.807, 2.05) is 0 Å². The van der Waals surface area contributed by atoms with Crippen LogP contribution in [0.25, 0.3) is 5.57 Å². The van der Waals surface area contributed by atoms with Gasteiger partial charge in [-0.25, -0.2) is 19.0 Å². The predicted molar refractivity (Wildman–Crippen MR) is 108 cm³/mol. The van der Waals surface area contributed by atoms with Crippen LogP contribution in [0.4, 0.5) is 20.7 Å². The summed E-state index contributed by atoms with van der Waals surface area (Å²) < 4.78 is 14.7. The third kappa shape index (κ3) is 3.61. The zero-order valence-electron chi connectivity index (χ0n) is 16.4. The number of aliphatic hydroxyl groups is 1. The summed E-state index contributed by atoms with van der Waals surface area (Å²) in [6, 6.07) is 7.69. The van der Waals surface area contributed by atoms with Gasteiger partial charge in [-0.3, -0.25) is 10.1 Å². The van der Waals surface area contributed by atoms with Crippen molar-refractivity contribution in [2.24, 2.45) is 5.92 Å². The van der Waals surface area contributed by atoms with Crippen molar-refractivity contribution in [1.29, 1.82) is 0 Å². The summed E-state index contributed by atoms with van der Waals surface area (Å²) in [7, 11) is 0. The first-order valence-corrected chi connectivity index (χ1v) is 9.54. The molecule has 0 saturated carbocycles. The number of benzene rings is 1. The van der Waals surface area contributed by atoms with Crippen molar-refractivity contribution in [3.63, 3.8) is 0 Å². The van der Waals surface area contributed by atoms with E-state index in [9.17, 15) is 29.0 Å². The molecule has 0 radical (unpaired) electrons. The Hall–Kier alpha value is -3.79. The van der Waals surface area contributed by atoms with Gasteiger partial charge in [0, 0.05) is 6.20 Å². The third-order valence-electron chi connectivity index (χ3n) is 5.40. The van der Waals surface area contributed by atoms with Crippen molar-refractivity contribution in [1.82, 2.24) is 9.88 Å². The number of amides is 3. The summed E-state index contributed by atoms with van der Waals surface area (Å²) in [6.07, 6.45) is 0.773. The number of nitrogens with zero attached hydrogens (tertiary/aromatic N) is 2. The first kappa shape index (κ1) is 20.5. The number of carboxylic acids is 1. The van der Waals surface area contributed by atoms with E-state index < -0.39 is 41.8 Å². The number of pyridine rings is 1. The lowest BCUT2D eigenvalue weighted by molar-refractivity contribution is -0.161. The number of aromatic nitrogens is 1. The molecule has 1 fully saturated rings. The average molecular weight is 426 g/mol. The van der Waals surface area contributed by atoms with E-state index in [0.29, 0.717) is 11.4 Å². The maximum Gasteiger partial charge on any atom is 0.352 e. The highest BCUT2D eigenvalue weighted by atomic mass is 19.1. The number of aliphatic carboxylic acids is 1. The first-order chi connectivity index (χ1) is 14.8. The lowest BCUT2D eigenvalue weighted by atomic mass is 9.82. The molecular formula is C21H19FN4O5. The summed E-state index contributed by atoms with van der Waals surface area (Å²) in [4.78, 5) is 41.2. The molecule has 1 aromatic heterocycles. The molecule has 9 nitrogen and oxygen atoms in total. The van der Waals surface area contributed by atoms with Crippen LogP contribution >= 0.6 is 0 Å². The lowest BCUT2D eigenvalue weighted by Crippen LogP contribution is -2.61. The number of carbonyl (C=O) groups excluding carboxylic acids is 2. The van der Waals surface area contributed by atoms with E-state index in [1.54, 1.807) is 18.2 Å². The number of carbonyl (C=O) groups is 3. The molecule has 0 unspecified atom stereocenters. The van der Waals surface area contributed by atoms with E-state index in [-0.39, 0.29) is 23.4 Å². The van der Waals surface area contributed by atoms with Crippen LogP contribution in [0.1, 0.15) is 18.9 Å². The third-order valence-corrected chi connectivity index (χ3v) is 5.40. The summed E-state index contributed by atoms with van der Waals surface area (Å²) in [5.74, 6) is -2.92. The molecule has 0 bridgehead atoms. The van der Waals surface area contributed by atoms with Crippen molar-refractivity contribution in [2.75, 3.05) is 10.6 Å². The van der Waals surface area contributed by atoms with Gasteiger partial charge in [0.1, 0.15) is 17.3 Å². The molecule has 0 spiro atoms. The second kappa shape index (κ2) is 7.80. The lowest BCUT2D eigenvalue weighted by Gasteiger charge is -2.44. The van der Waals surface area contributed by atoms with Crippen molar-refractivity contribution >= 4 is 35.0 Å². The molecule has 2 aliphatic rings. The van der Waals surface area contributed by atoms with Gasteiger partial charge in [0.25, 0.3) is 0 Å². The Labute approximate surface area is 176 Å². The van der Waals surface area contributed by atoms with Gasteiger partial charge in [-0.2, -0.15) is 0 Å². The number of aliphatic hydroxyl groups excluding tert-OH is 1. The highest BCUT2D eigenvalue weighted by molar-refractivity contribution is 6.06. The molecule has 3 heterocycles. The number of fused-ring (bicyclic) bond motifs is 1. The molecule has 0 aliphatic carbocycles. The maximum absolute atomic E-state index is 14.7. The van der Waals surface area contributed by atoms with Crippen LogP contribution in [0.5, 0.6) is 0 Å². The number of hydrogen-bond donors (Lipinski definition) is 4. The highest BCUT2D eigenvalue weighted by Crippen LogP contribution is 2.47. The normalized spacial score (nSPS) is 20.7. The molecule has 1 aromatic carbocycles. The topological polar surface area (TPSA) is 132 Å². The first-order valence-electron chi connectivity index (χ1n) is 9.54. The molecule has 4 N–H and O–H groups in total. The standard InChI is InChI=1S/C21H19FN4O5/c1-10(27)17-15-9-12(18(20(29)30)26(15)19(17)28)11-5-6-14(13(22)8-11)24-21(31)25-16-4-2-3-7-23-16/h2-8,10,15,17,27H,9H2,1H3,(H,29,30)(H2,23,24,25,31)/t10-,15-,17-/m1/s1. The SMILES string of the molecule is C[C@@H](O)[C@H]1C(=O)N2C(C(=O)O)=C(c3ccc(NC(=O)Nc4ccccn4)c(F)c3)C[C@H]12. The van der Waals surface area contributed by atoms with Crippen molar-refractivity contribution in [3.8, 4) is 0 Å². The number of halogens is 1. The van der Waals surface area contributed by atoms with Crippen LogP contribution in [0, 0.1) is 11.7 Å². The Morgan fingerprint density at radius 3 is 2.65 bits per heavy atom. The van der Waals surface area contributed by atoms with Gasteiger partial charge in [-0.1, -0.05) is 12.1 Å². The zero-order chi connectivity index (χ0) is 22.3. The van der Waals surface area contributed by atoms with E-state index in [1.165, 1.54) is 25.3 Å². The van der Waals surface area contributed by atoms with Crippen LogP contribution in [-0.4, -0.2) is 50.2 Å². The summed E-state index contributed by atoms with van der Waals surface area (Å²) >= 11 is 0. The molecule has 2 aliphatic heterocycles. The Balaban J connectivity index is 1.56. The van der Waals surface area contributed by atoms with Gasteiger partial charge >= 0.3 is 12.0 Å². The number of hydrogen-bond acceptors (Lipinski definition) is 5. The minimum Gasteiger partial charge on any atom is -0.477 e. The number of rotatable bonds is 5. The smallest absolute Gasteiger partial charge is 0.352 e. The fourth-order valence-corrected chi connectivity index (χ4v) is 4.04. The minimum absolute atomic E-state index is 0.103. The fraction of sp³-hybridized carbons (Fsp3) is 0.238. The van der Waals surface area contributed by atoms with E-state index >= 15 is 0 Å².